The molecule has 0 aliphatic rings. The van der Waals surface area contributed by atoms with Crippen molar-refractivity contribution in [1.29, 1.82) is 0 Å². The van der Waals surface area contributed by atoms with Gasteiger partial charge in [-0.1, -0.05) is 13.8 Å². The number of Topliss-reactive ketones (excluding diaryl/α,β-unsaturated/α-hetero) is 1. The highest BCUT2D eigenvalue weighted by atomic mass is 16.5. The number of likely N-dealkylation sites (N-methyl/N-ethyl adjacent to an activating group) is 1. The third kappa shape index (κ3) is 4.20. The summed E-state index contributed by atoms with van der Waals surface area (Å²) >= 11 is 0. The van der Waals surface area contributed by atoms with Gasteiger partial charge in [0.25, 0.3) is 0 Å². The highest BCUT2D eigenvalue weighted by Crippen LogP contribution is 2.14. The van der Waals surface area contributed by atoms with Gasteiger partial charge in [0.2, 0.25) is 0 Å². The van der Waals surface area contributed by atoms with Gasteiger partial charge in [0.05, 0.1) is 5.54 Å². The zero-order chi connectivity index (χ0) is 11.2. The maximum absolute atomic E-state index is 11.9. The molecule has 0 aliphatic heterocycles. The molecule has 0 rings (SSSR count). The van der Waals surface area contributed by atoms with Crippen LogP contribution < -0.4 is 5.32 Å². The molecule has 84 valence electrons. The van der Waals surface area contributed by atoms with Gasteiger partial charge in [-0.15, -0.1) is 0 Å². The summed E-state index contributed by atoms with van der Waals surface area (Å²) in [5.41, 5.74) is -0.415. The van der Waals surface area contributed by atoms with Gasteiger partial charge >= 0.3 is 0 Å². The van der Waals surface area contributed by atoms with Crippen molar-refractivity contribution >= 4 is 5.78 Å². The molecule has 0 aromatic rings. The van der Waals surface area contributed by atoms with Gasteiger partial charge in [0, 0.05) is 19.6 Å². The van der Waals surface area contributed by atoms with Crippen LogP contribution in [0.25, 0.3) is 0 Å². The Morgan fingerprint density at radius 1 is 1.50 bits per heavy atom. The highest BCUT2D eigenvalue weighted by Gasteiger charge is 2.29. The van der Waals surface area contributed by atoms with Gasteiger partial charge in [-0.25, -0.2) is 0 Å². The standard InChI is InChI=1S/C11H23NO2/c1-6-12-11(3,4)10(13)9(2)7-8-14-5/h9,12H,6-8H2,1-5H3. The number of hydrogen-bond donors (Lipinski definition) is 1. The summed E-state index contributed by atoms with van der Waals surface area (Å²) in [6, 6.07) is 0. The third-order valence-corrected chi connectivity index (χ3v) is 2.44. The fourth-order valence-electron chi connectivity index (χ4n) is 1.57. The fourth-order valence-corrected chi connectivity index (χ4v) is 1.57. The smallest absolute Gasteiger partial charge is 0.155 e. The molecule has 1 N–H and O–H groups in total. The van der Waals surface area contributed by atoms with E-state index in [1.165, 1.54) is 0 Å². The molecule has 0 saturated carbocycles. The maximum atomic E-state index is 11.9. The van der Waals surface area contributed by atoms with Crippen molar-refractivity contribution in [3.05, 3.63) is 0 Å². The fraction of sp³-hybridized carbons (Fsp3) is 0.909. The number of ketones is 1. The van der Waals surface area contributed by atoms with Gasteiger partial charge in [-0.2, -0.15) is 0 Å². The number of ether oxygens (including phenoxy) is 1. The van der Waals surface area contributed by atoms with Crippen molar-refractivity contribution in [2.45, 2.75) is 39.7 Å². The number of rotatable bonds is 7. The molecule has 0 saturated heterocycles. The van der Waals surface area contributed by atoms with Gasteiger partial charge in [0.15, 0.2) is 5.78 Å². The highest BCUT2D eigenvalue weighted by molar-refractivity contribution is 5.89. The van der Waals surface area contributed by atoms with Crippen molar-refractivity contribution in [2.75, 3.05) is 20.3 Å². The SMILES string of the molecule is CCNC(C)(C)C(=O)C(C)CCOC. The van der Waals surface area contributed by atoms with Crippen molar-refractivity contribution in [2.24, 2.45) is 5.92 Å². The van der Waals surface area contributed by atoms with Gasteiger partial charge < -0.3 is 10.1 Å². The first kappa shape index (κ1) is 13.6. The van der Waals surface area contributed by atoms with Crippen LogP contribution in [-0.4, -0.2) is 31.6 Å². The predicted octanol–water partition coefficient (Wildman–Crippen LogP) is 1.62. The van der Waals surface area contributed by atoms with E-state index >= 15 is 0 Å². The zero-order valence-corrected chi connectivity index (χ0v) is 10.0. The van der Waals surface area contributed by atoms with Crippen LogP contribution in [0.3, 0.4) is 0 Å². The molecule has 0 aliphatic carbocycles. The predicted molar refractivity (Wildman–Crippen MR) is 58.4 cm³/mol. The normalized spacial score (nSPS) is 14.1. The first-order chi connectivity index (χ1) is 6.45. The molecule has 1 unspecified atom stereocenters. The van der Waals surface area contributed by atoms with E-state index in [2.05, 4.69) is 5.32 Å². The second-order valence-electron chi connectivity index (χ2n) is 4.20. The van der Waals surface area contributed by atoms with Crippen molar-refractivity contribution in [3.8, 4) is 0 Å². The Balaban J connectivity index is 4.15. The minimum atomic E-state index is -0.415. The lowest BCUT2D eigenvalue weighted by Gasteiger charge is -2.27. The van der Waals surface area contributed by atoms with Crippen LogP contribution in [0.15, 0.2) is 0 Å². The molecule has 0 aromatic heterocycles. The lowest BCUT2D eigenvalue weighted by atomic mass is 9.88. The first-order valence-corrected chi connectivity index (χ1v) is 5.24. The largest absolute Gasteiger partial charge is 0.385 e. The molecule has 0 fully saturated rings. The molecule has 3 nitrogen and oxygen atoms in total. The zero-order valence-electron chi connectivity index (χ0n) is 10.0. The molecule has 1 atom stereocenters. The van der Waals surface area contributed by atoms with E-state index in [9.17, 15) is 4.79 Å². The monoisotopic (exact) mass is 201 g/mol. The molecule has 14 heavy (non-hydrogen) atoms. The molecule has 3 heteroatoms. The number of carbonyl (C=O) groups is 1. The molecule has 0 radical (unpaired) electrons. The minimum Gasteiger partial charge on any atom is -0.385 e. The Bertz CT molecular complexity index is 178. The van der Waals surface area contributed by atoms with Crippen LogP contribution in [0.5, 0.6) is 0 Å². The van der Waals surface area contributed by atoms with Crippen LogP contribution in [0.2, 0.25) is 0 Å². The average molecular weight is 201 g/mol. The van der Waals surface area contributed by atoms with E-state index in [4.69, 9.17) is 4.74 Å². The number of hydrogen-bond acceptors (Lipinski definition) is 3. The first-order valence-electron chi connectivity index (χ1n) is 5.24. The van der Waals surface area contributed by atoms with Crippen LogP contribution in [0.4, 0.5) is 0 Å². The van der Waals surface area contributed by atoms with Crippen LogP contribution in [0.1, 0.15) is 34.1 Å². The summed E-state index contributed by atoms with van der Waals surface area (Å²) in [4.78, 5) is 11.9. The number of methoxy groups -OCH3 is 1. The quantitative estimate of drug-likeness (QED) is 0.680. The summed E-state index contributed by atoms with van der Waals surface area (Å²) in [5.74, 6) is 0.320. The summed E-state index contributed by atoms with van der Waals surface area (Å²) in [7, 11) is 1.66. The van der Waals surface area contributed by atoms with Crippen LogP contribution in [-0.2, 0) is 9.53 Å². The second-order valence-corrected chi connectivity index (χ2v) is 4.20. The van der Waals surface area contributed by atoms with Gasteiger partial charge in [0.1, 0.15) is 0 Å². The molecule has 0 bridgehead atoms. The topological polar surface area (TPSA) is 38.3 Å². The Morgan fingerprint density at radius 2 is 2.07 bits per heavy atom. The Kier molecular flexibility index (Phi) is 5.96. The van der Waals surface area contributed by atoms with E-state index in [0.29, 0.717) is 6.61 Å². The molecular weight excluding hydrogens is 178 g/mol. The van der Waals surface area contributed by atoms with Gasteiger partial charge in [-0.05, 0) is 26.8 Å². The molecule has 0 aromatic carbocycles. The summed E-state index contributed by atoms with van der Waals surface area (Å²) in [5, 5.41) is 3.19. The molecule has 0 spiro atoms. The maximum Gasteiger partial charge on any atom is 0.155 e. The van der Waals surface area contributed by atoms with Crippen molar-refractivity contribution in [3.63, 3.8) is 0 Å². The summed E-state index contributed by atoms with van der Waals surface area (Å²) < 4.78 is 4.96. The van der Waals surface area contributed by atoms with E-state index < -0.39 is 5.54 Å². The van der Waals surface area contributed by atoms with E-state index in [-0.39, 0.29) is 11.7 Å². The van der Waals surface area contributed by atoms with Crippen molar-refractivity contribution in [1.82, 2.24) is 5.32 Å². The number of carbonyl (C=O) groups excluding carboxylic acids is 1. The molecule has 0 amide bonds. The Labute approximate surface area is 87.2 Å². The number of nitrogens with one attached hydrogen (secondary N) is 1. The van der Waals surface area contributed by atoms with E-state index in [0.717, 1.165) is 13.0 Å². The minimum absolute atomic E-state index is 0.0593. The lowest BCUT2D eigenvalue weighted by Crippen LogP contribution is -2.49. The van der Waals surface area contributed by atoms with E-state index in [1.54, 1.807) is 7.11 Å². The summed E-state index contributed by atoms with van der Waals surface area (Å²) in [6.45, 7) is 9.30. The average Bonchev–Trinajstić information content (AvgIpc) is 2.12. The van der Waals surface area contributed by atoms with Crippen LogP contribution >= 0.6 is 0 Å². The van der Waals surface area contributed by atoms with E-state index in [1.807, 2.05) is 27.7 Å². The van der Waals surface area contributed by atoms with Gasteiger partial charge in [-0.3, -0.25) is 4.79 Å². The molecular formula is C11H23NO2. The molecule has 0 heterocycles. The Morgan fingerprint density at radius 3 is 2.50 bits per heavy atom. The van der Waals surface area contributed by atoms with Crippen molar-refractivity contribution < 1.29 is 9.53 Å². The van der Waals surface area contributed by atoms with Crippen LogP contribution in [0, 0.1) is 5.92 Å². The Hall–Kier alpha value is -0.410. The summed E-state index contributed by atoms with van der Waals surface area (Å²) in [6.07, 6.45) is 0.796. The lowest BCUT2D eigenvalue weighted by molar-refractivity contribution is -0.128. The second kappa shape index (κ2) is 6.14. The third-order valence-electron chi connectivity index (χ3n) is 2.44.